The van der Waals surface area contributed by atoms with E-state index in [9.17, 15) is 0 Å². The van der Waals surface area contributed by atoms with Gasteiger partial charge in [-0.1, -0.05) is 12.1 Å². The molecule has 2 N–H and O–H groups in total. The number of benzene rings is 1. The normalized spacial score (nSPS) is 22.0. The molecule has 4 nitrogen and oxygen atoms in total. The molecule has 1 aromatic rings. The van der Waals surface area contributed by atoms with Crippen molar-refractivity contribution >= 4 is 0 Å². The summed E-state index contributed by atoms with van der Waals surface area (Å²) in [5, 5.41) is 0. The lowest BCUT2D eigenvalue weighted by Gasteiger charge is -2.25. The molecule has 0 bridgehead atoms. The van der Waals surface area contributed by atoms with Crippen LogP contribution < -0.4 is 10.5 Å². The van der Waals surface area contributed by atoms with E-state index >= 15 is 0 Å². The van der Waals surface area contributed by atoms with Crippen LogP contribution in [0.1, 0.15) is 38.8 Å². The fraction of sp³-hybridized carbons (Fsp3) is 0.647. The maximum Gasteiger partial charge on any atom is 0.119 e. The molecule has 2 unspecified atom stereocenters. The van der Waals surface area contributed by atoms with E-state index < -0.39 is 0 Å². The predicted molar refractivity (Wildman–Crippen MR) is 85.6 cm³/mol. The predicted octanol–water partition coefficient (Wildman–Crippen LogP) is 2.58. The Bertz CT molecular complexity index is 419. The minimum absolute atomic E-state index is 0.0309. The standard InChI is InChI=1S/C17H28N2O2/c1-13(2)21-16-7-5-15(6-8-16)17(18)12-19-9-4-10-20-14(3)11-19/h5-8,13-14,17H,4,9-12,18H2,1-3H3. The first-order valence-electron chi connectivity index (χ1n) is 7.90. The largest absolute Gasteiger partial charge is 0.491 e. The van der Waals surface area contributed by atoms with Crippen LogP contribution in [0.25, 0.3) is 0 Å². The minimum Gasteiger partial charge on any atom is -0.491 e. The van der Waals surface area contributed by atoms with Gasteiger partial charge in [0.05, 0.1) is 12.2 Å². The summed E-state index contributed by atoms with van der Waals surface area (Å²) < 4.78 is 11.3. The molecular formula is C17H28N2O2. The highest BCUT2D eigenvalue weighted by Crippen LogP contribution is 2.19. The molecule has 4 heteroatoms. The topological polar surface area (TPSA) is 47.7 Å². The number of hydrogen-bond acceptors (Lipinski definition) is 4. The Morgan fingerprint density at radius 3 is 2.71 bits per heavy atom. The van der Waals surface area contributed by atoms with Crippen molar-refractivity contribution in [2.75, 3.05) is 26.2 Å². The zero-order valence-corrected chi connectivity index (χ0v) is 13.4. The number of nitrogens with zero attached hydrogens (tertiary/aromatic N) is 1. The van der Waals surface area contributed by atoms with Crippen molar-refractivity contribution < 1.29 is 9.47 Å². The van der Waals surface area contributed by atoms with Gasteiger partial charge >= 0.3 is 0 Å². The molecule has 1 aliphatic heterocycles. The zero-order valence-electron chi connectivity index (χ0n) is 13.4. The van der Waals surface area contributed by atoms with Crippen LogP contribution in [0.3, 0.4) is 0 Å². The molecule has 2 atom stereocenters. The van der Waals surface area contributed by atoms with Crippen LogP contribution in [-0.2, 0) is 4.74 Å². The highest BCUT2D eigenvalue weighted by atomic mass is 16.5. The van der Waals surface area contributed by atoms with E-state index in [0.29, 0.717) is 6.10 Å². The van der Waals surface area contributed by atoms with Gasteiger partial charge < -0.3 is 15.2 Å². The Morgan fingerprint density at radius 1 is 1.33 bits per heavy atom. The summed E-state index contributed by atoms with van der Waals surface area (Å²) in [6.45, 7) is 9.94. The molecule has 1 fully saturated rings. The minimum atomic E-state index is 0.0309. The smallest absolute Gasteiger partial charge is 0.119 e. The van der Waals surface area contributed by atoms with Gasteiger partial charge in [-0.3, -0.25) is 4.90 Å². The highest BCUT2D eigenvalue weighted by Gasteiger charge is 2.18. The number of hydrogen-bond donors (Lipinski definition) is 1. The summed E-state index contributed by atoms with van der Waals surface area (Å²) in [6.07, 6.45) is 1.57. The van der Waals surface area contributed by atoms with Crippen LogP contribution in [0, 0.1) is 0 Å². The molecule has 0 spiro atoms. The van der Waals surface area contributed by atoms with E-state index in [1.807, 2.05) is 26.0 Å². The molecule has 21 heavy (non-hydrogen) atoms. The molecule has 0 aliphatic carbocycles. The van der Waals surface area contributed by atoms with Crippen LogP contribution in [0.5, 0.6) is 5.75 Å². The quantitative estimate of drug-likeness (QED) is 0.906. The van der Waals surface area contributed by atoms with E-state index in [2.05, 4.69) is 24.0 Å². The Labute approximate surface area is 128 Å². The Hall–Kier alpha value is -1.10. The second kappa shape index (κ2) is 7.78. The summed E-state index contributed by atoms with van der Waals surface area (Å²) in [5.41, 5.74) is 7.51. The van der Waals surface area contributed by atoms with Crippen LogP contribution in [0.2, 0.25) is 0 Å². The third-order valence-corrected chi connectivity index (χ3v) is 3.67. The molecule has 0 saturated carbocycles. The molecular weight excluding hydrogens is 264 g/mol. The number of nitrogens with two attached hydrogens (primary N) is 1. The van der Waals surface area contributed by atoms with E-state index in [0.717, 1.165) is 44.0 Å². The van der Waals surface area contributed by atoms with Gasteiger partial charge in [-0.05, 0) is 44.9 Å². The highest BCUT2D eigenvalue weighted by molar-refractivity contribution is 5.29. The van der Waals surface area contributed by atoms with Gasteiger partial charge in [-0.2, -0.15) is 0 Å². The second-order valence-electron chi connectivity index (χ2n) is 6.14. The summed E-state index contributed by atoms with van der Waals surface area (Å²) in [6, 6.07) is 8.18. The Kier molecular flexibility index (Phi) is 6.03. The van der Waals surface area contributed by atoms with Gasteiger partial charge in [-0.15, -0.1) is 0 Å². The third kappa shape index (κ3) is 5.30. The molecule has 0 aromatic heterocycles. The fourth-order valence-corrected chi connectivity index (χ4v) is 2.70. The van der Waals surface area contributed by atoms with Gasteiger partial charge in [0.1, 0.15) is 5.75 Å². The van der Waals surface area contributed by atoms with Gasteiger partial charge in [0.2, 0.25) is 0 Å². The van der Waals surface area contributed by atoms with E-state index in [1.165, 1.54) is 0 Å². The molecule has 2 rings (SSSR count). The lowest BCUT2D eigenvalue weighted by Crippen LogP contribution is -2.36. The molecule has 0 radical (unpaired) electrons. The lowest BCUT2D eigenvalue weighted by molar-refractivity contribution is 0.0670. The average molecular weight is 292 g/mol. The maximum absolute atomic E-state index is 6.35. The zero-order chi connectivity index (χ0) is 15.2. The maximum atomic E-state index is 6.35. The molecule has 0 amide bonds. The Balaban J connectivity index is 1.91. The van der Waals surface area contributed by atoms with Crippen molar-refractivity contribution in [2.45, 2.75) is 45.4 Å². The van der Waals surface area contributed by atoms with Crippen LogP contribution in [0.4, 0.5) is 0 Å². The molecule has 1 heterocycles. The molecule has 1 aliphatic rings. The first-order chi connectivity index (χ1) is 10.0. The first-order valence-corrected chi connectivity index (χ1v) is 7.90. The van der Waals surface area contributed by atoms with Crippen molar-refractivity contribution in [1.29, 1.82) is 0 Å². The lowest BCUT2D eigenvalue weighted by atomic mass is 10.1. The van der Waals surface area contributed by atoms with Gasteiger partial charge in [-0.25, -0.2) is 0 Å². The molecule has 1 aromatic carbocycles. The van der Waals surface area contributed by atoms with Crippen LogP contribution in [-0.4, -0.2) is 43.3 Å². The second-order valence-corrected chi connectivity index (χ2v) is 6.14. The molecule has 1 saturated heterocycles. The van der Waals surface area contributed by atoms with Crippen LogP contribution in [0.15, 0.2) is 24.3 Å². The van der Waals surface area contributed by atoms with Crippen molar-refractivity contribution in [2.24, 2.45) is 5.73 Å². The monoisotopic (exact) mass is 292 g/mol. The Morgan fingerprint density at radius 2 is 2.05 bits per heavy atom. The van der Waals surface area contributed by atoms with E-state index in [4.69, 9.17) is 15.2 Å². The third-order valence-electron chi connectivity index (χ3n) is 3.67. The number of rotatable bonds is 5. The molecule has 118 valence electrons. The summed E-state index contributed by atoms with van der Waals surface area (Å²) >= 11 is 0. The fourth-order valence-electron chi connectivity index (χ4n) is 2.70. The summed E-state index contributed by atoms with van der Waals surface area (Å²) in [7, 11) is 0. The SMILES string of the molecule is CC(C)Oc1ccc(C(N)CN2CCCOC(C)C2)cc1. The van der Waals surface area contributed by atoms with E-state index in [1.54, 1.807) is 0 Å². The van der Waals surface area contributed by atoms with Crippen molar-refractivity contribution in [3.8, 4) is 5.75 Å². The van der Waals surface area contributed by atoms with Crippen LogP contribution >= 0.6 is 0 Å². The van der Waals surface area contributed by atoms with Gasteiger partial charge in [0, 0.05) is 32.3 Å². The van der Waals surface area contributed by atoms with Crippen molar-refractivity contribution in [3.63, 3.8) is 0 Å². The summed E-state index contributed by atoms with van der Waals surface area (Å²) in [5.74, 6) is 0.901. The number of ether oxygens (including phenoxy) is 2. The average Bonchev–Trinajstić information content (AvgIpc) is 2.63. The van der Waals surface area contributed by atoms with Gasteiger partial charge in [0.15, 0.2) is 0 Å². The summed E-state index contributed by atoms with van der Waals surface area (Å²) in [4.78, 5) is 2.40. The van der Waals surface area contributed by atoms with E-state index in [-0.39, 0.29) is 12.1 Å². The van der Waals surface area contributed by atoms with Gasteiger partial charge in [0.25, 0.3) is 0 Å². The van der Waals surface area contributed by atoms with Crippen molar-refractivity contribution in [1.82, 2.24) is 4.90 Å². The first kappa shape index (κ1) is 16.3. The van der Waals surface area contributed by atoms with Crippen molar-refractivity contribution in [3.05, 3.63) is 29.8 Å².